The number of carbonyl (C=O) groups is 1. The number of imidazole rings is 1. The van der Waals surface area contributed by atoms with Crippen LogP contribution in [0.1, 0.15) is 67.3 Å². The molecule has 3 aromatic rings. The van der Waals surface area contributed by atoms with Crippen molar-refractivity contribution < 1.29 is 28.9 Å². The largest absolute Gasteiger partial charge is 0.394 e. The van der Waals surface area contributed by atoms with Gasteiger partial charge in [0.25, 0.3) is 5.91 Å². The zero-order valence-corrected chi connectivity index (χ0v) is 23.9. The lowest BCUT2D eigenvalue weighted by atomic mass is 9.89. The molecule has 0 spiro atoms. The molecule has 2 fully saturated rings. The van der Waals surface area contributed by atoms with E-state index in [1.165, 1.54) is 22.9 Å². The SMILES string of the molecule is Cn1cnc(C2CC3CC(O)(c4c(F)c(NCC(C)(C)O)nn4CCO)CC3C2)c1C(=O)Nc1ccc(F)c(Cl)c1. The summed E-state index contributed by atoms with van der Waals surface area (Å²) in [6.45, 7) is 2.96. The van der Waals surface area contributed by atoms with Crippen LogP contribution in [0.15, 0.2) is 24.5 Å². The molecule has 13 heteroatoms. The van der Waals surface area contributed by atoms with Crippen LogP contribution in [0.25, 0.3) is 0 Å². The lowest BCUT2D eigenvalue weighted by Gasteiger charge is -2.25. The zero-order chi connectivity index (χ0) is 29.7. The average Bonchev–Trinajstić information content (AvgIpc) is 3.60. The summed E-state index contributed by atoms with van der Waals surface area (Å²) < 4.78 is 32.1. The molecule has 2 saturated carbocycles. The Hall–Kier alpha value is -3.06. The third-order valence-electron chi connectivity index (χ3n) is 8.12. The molecule has 0 saturated heterocycles. The Labute approximate surface area is 241 Å². The van der Waals surface area contributed by atoms with Gasteiger partial charge >= 0.3 is 0 Å². The summed E-state index contributed by atoms with van der Waals surface area (Å²) in [5.41, 5.74) is -1.15. The summed E-state index contributed by atoms with van der Waals surface area (Å²) in [5, 5.41) is 41.0. The van der Waals surface area contributed by atoms with E-state index in [0.717, 1.165) is 0 Å². The number of aliphatic hydroxyl groups is 3. The van der Waals surface area contributed by atoms with Crippen molar-refractivity contribution in [3.8, 4) is 0 Å². The van der Waals surface area contributed by atoms with E-state index in [1.807, 2.05) is 0 Å². The predicted molar refractivity (Wildman–Crippen MR) is 149 cm³/mol. The van der Waals surface area contributed by atoms with Crippen molar-refractivity contribution in [2.45, 2.75) is 63.2 Å². The summed E-state index contributed by atoms with van der Waals surface area (Å²) in [6, 6.07) is 3.96. The van der Waals surface area contributed by atoms with Gasteiger partial charge in [0.1, 0.15) is 22.8 Å². The third kappa shape index (κ3) is 5.83. The topological polar surface area (TPSA) is 137 Å². The van der Waals surface area contributed by atoms with Crippen LogP contribution in [0, 0.1) is 23.5 Å². The highest BCUT2D eigenvalue weighted by molar-refractivity contribution is 6.31. The lowest BCUT2D eigenvalue weighted by Crippen LogP contribution is -2.30. The Bertz CT molecular complexity index is 1440. The number of amides is 1. The van der Waals surface area contributed by atoms with Crippen LogP contribution in [0.5, 0.6) is 0 Å². The molecule has 222 valence electrons. The van der Waals surface area contributed by atoms with Gasteiger partial charge < -0.3 is 30.5 Å². The number of aryl methyl sites for hydroxylation is 1. The molecule has 2 aromatic heterocycles. The number of benzene rings is 1. The Morgan fingerprint density at radius 3 is 2.54 bits per heavy atom. The quantitative estimate of drug-likeness (QED) is 0.255. The second kappa shape index (κ2) is 11.0. The standard InChI is InChI=1S/C28H35ClF2N6O4/c1-27(2,40)13-32-25-21(31)24(37(35-25)6-7-38)28(41)11-16-8-15(9-17(16)12-28)22-23(36(3)14-33-22)26(39)34-18-4-5-20(30)19(29)10-18/h4-5,10,14-17,38,40-41H,6-9,11-13H2,1-3H3,(H,32,35)(H,34,39). The molecule has 10 nitrogen and oxygen atoms in total. The molecular formula is C28H35ClF2N6O4. The van der Waals surface area contributed by atoms with Crippen molar-refractivity contribution in [1.29, 1.82) is 0 Å². The van der Waals surface area contributed by atoms with Crippen molar-refractivity contribution in [3.05, 3.63) is 58.3 Å². The summed E-state index contributed by atoms with van der Waals surface area (Å²) >= 11 is 5.86. The predicted octanol–water partition coefficient (Wildman–Crippen LogP) is 3.77. The Balaban J connectivity index is 1.33. The van der Waals surface area contributed by atoms with Crippen LogP contribution in [0.4, 0.5) is 20.3 Å². The summed E-state index contributed by atoms with van der Waals surface area (Å²) in [4.78, 5) is 17.7. The van der Waals surface area contributed by atoms with Crippen LogP contribution >= 0.6 is 11.6 Å². The number of fused-ring (bicyclic) bond motifs is 1. The molecule has 41 heavy (non-hydrogen) atoms. The number of hydrogen-bond acceptors (Lipinski definition) is 7. The van der Waals surface area contributed by atoms with Gasteiger partial charge in [0.05, 0.1) is 35.8 Å². The minimum atomic E-state index is -1.48. The second-order valence-corrected chi connectivity index (χ2v) is 12.3. The molecule has 1 aromatic carbocycles. The number of aromatic nitrogens is 4. The highest BCUT2D eigenvalue weighted by Crippen LogP contribution is 2.57. The second-order valence-electron chi connectivity index (χ2n) is 11.9. The number of carbonyl (C=O) groups excluding carboxylic acids is 1. The maximum atomic E-state index is 15.6. The minimum Gasteiger partial charge on any atom is -0.394 e. The number of nitrogens with one attached hydrogen (secondary N) is 2. The molecule has 5 rings (SSSR count). The Kier molecular flexibility index (Phi) is 7.88. The summed E-state index contributed by atoms with van der Waals surface area (Å²) in [5.74, 6) is -1.66. The van der Waals surface area contributed by atoms with Crippen molar-refractivity contribution in [2.75, 3.05) is 23.8 Å². The van der Waals surface area contributed by atoms with Gasteiger partial charge in [-0.05, 0) is 69.6 Å². The lowest BCUT2D eigenvalue weighted by molar-refractivity contribution is 0.0209. The van der Waals surface area contributed by atoms with E-state index in [-0.39, 0.29) is 54.0 Å². The molecule has 5 N–H and O–H groups in total. The van der Waals surface area contributed by atoms with Gasteiger partial charge in [0, 0.05) is 25.2 Å². The van der Waals surface area contributed by atoms with Gasteiger partial charge in [-0.15, -0.1) is 0 Å². The van der Waals surface area contributed by atoms with E-state index in [9.17, 15) is 24.5 Å². The number of aliphatic hydroxyl groups excluding tert-OH is 1. The maximum Gasteiger partial charge on any atom is 0.274 e. The van der Waals surface area contributed by atoms with Crippen LogP contribution in [-0.4, -0.2) is 59.3 Å². The molecular weight excluding hydrogens is 558 g/mol. The summed E-state index contributed by atoms with van der Waals surface area (Å²) in [7, 11) is 1.73. The smallest absolute Gasteiger partial charge is 0.274 e. The number of rotatable bonds is 9. The van der Waals surface area contributed by atoms with Crippen LogP contribution in [0.2, 0.25) is 5.02 Å². The van der Waals surface area contributed by atoms with Crippen LogP contribution in [0.3, 0.4) is 0 Å². The van der Waals surface area contributed by atoms with Crippen LogP contribution < -0.4 is 10.6 Å². The fraction of sp³-hybridized carbons (Fsp3) is 0.536. The van der Waals surface area contributed by atoms with Crippen LogP contribution in [-0.2, 0) is 19.2 Å². The fourth-order valence-electron chi connectivity index (χ4n) is 6.42. The van der Waals surface area contributed by atoms with Crippen molar-refractivity contribution in [3.63, 3.8) is 0 Å². The van der Waals surface area contributed by atoms with E-state index in [1.54, 1.807) is 31.8 Å². The third-order valence-corrected chi connectivity index (χ3v) is 8.41. The van der Waals surface area contributed by atoms with Crippen molar-refractivity contribution >= 4 is 29.0 Å². The molecule has 2 atom stereocenters. The number of hydrogen-bond donors (Lipinski definition) is 5. The first kappa shape index (κ1) is 29.4. The number of halogens is 3. The van der Waals surface area contributed by atoms with Gasteiger partial charge in [-0.3, -0.25) is 9.48 Å². The molecule has 0 aliphatic heterocycles. The normalized spacial score (nSPS) is 24.1. The van der Waals surface area contributed by atoms with Gasteiger partial charge in [-0.1, -0.05) is 11.6 Å². The minimum absolute atomic E-state index is 0.0163. The number of anilines is 2. The average molecular weight is 593 g/mol. The first-order valence-electron chi connectivity index (χ1n) is 13.6. The molecule has 0 radical (unpaired) electrons. The molecule has 2 aliphatic rings. The molecule has 1 amide bonds. The van der Waals surface area contributed by atoms with E-state index in [2.05, 4.69) is 20.7 Å². The fourth-order valence-corrected chi connectivity index (χ4v) is 6.60. The first-order chi connectivity index (χ1) is 19.3. The highest BCUT2D eigenvalue weighted by atomic mass is 35.5. The van der Waals surface area contributed by atoms with Gasteiger partial charge in [-0.25, -0.2) is 13.8 Å². The van der Waals surface area contributed by atoms with Gasteiger partial charge in [0.15, 0.2) is 11.6 Å². The summed E-state index contributed by atoms with van der Waals surface area (Å²) in [6.07, 6.45) is 3.50. The van der Waals surface area contributed by atoms with E-state index < -0.39 is 28.7 Å². The monoisotopic (exact) mass is 592 g/mol. The zero-order valence-electron chi connectivity index (χ0n) is 23.2. The van der Waals surface area contributed by atoms with E-state index in [4.69, 9.17) is 11.6 Å². The molecule has 0 bridgehead atoms. The van der Waals surface area contributed by atoms with Crippen molar-refractivity contribution in [2.24, 2.45) is 18.9 Å². The molecule has 2 aliphatic carbocycles. The molecule has 2 unspecified atom stereocenters. The van der Waals surface area contributed by atoms with Gasteiger partial charge in [0.2, 0.25) is 0 Å². The maximum absolute atomic E-state index is 15.6. The van der Waals surface area contributed by atoms with E-state index in [0.29, 0.717) is 42.8 Å². The Morgan fingerprint density at radius 1 is 1.24 bits per heavy atom. The van der Waals surface area contributed by atoms with Gasteiger partial charge in [-0.2, -0.15) is 5.10 Å². The van der Waals surface area contributed by atoms with E-state index >= 15 is 4.39 Å². The highest BCUT2D eigenvalue weighted by Gasteiger charge is 2.53. The van der Waals surface area contributed by atoms with Crippen molar-refractivity contribution in [1.82, 2.24) is 19.3 Å². The Morgan fingerprint density at radius 2 is 1.93 bits per heavy atom. The number of nitrogens with zero attached hydrogens (tertiary/aromatic N) is 4. The molecule has 2 heterocycles. The first-order valence-corrected chi connectivity index (χ1v) is 14.0.